The lowest BCUT2D eigenvalue weighted by Gasteiger charge is -2.26. The van der Waals surface area contributed by atoms with E-state index < -0.39 is 18.0 Å². The molecule has 4 nitrogen and oxygen atoms in total. The third-order valence-electron chi connectivity index (χ3n) is 3.21. The highest BCUT2D eigenvalue weighted by Gasteiger charge is 2.36. The number of ketones is 1. The molecule has 0 aliphatic carbocycles. The normalized spacial score (nSPS) is 22.8. The van der Waals surface area contributed by atoms with Gasteiger partial charge in [-0.1, -0.05) is 18.2 Å². The molecule has 0 saturated carbocycles. The lowest BCUT2D eigenvalue weighted by molar-refractivity contribution is -0.165. The van der Waals surface area contributed by atoms with Gasteiger partial charge in [-0.2, -0.15) is 0 Å². The average molecular weight is 260 g/mol. The lowest BCUT2D eigenvalue weighted by Crippen LogP contribution is -2.34. The molecule has 0 amide bonds. The zero-order valence-electron chi connectivity index (χ0n) is 10.8. The summed E-state index contributed by atoms with van der Waals surface area (Å²) in [5, 5.41) is 0. The van der Waals surface area contributed by atoms with Gasteiger partial charge < -0.3 is 9.47 Å². The fraction of sp³-hybridized carbons (Fsp3) is 0.333. The number of ether oxygens (including phenoxy) is 2. The molecule has 100 valence electrons. The molecular weight excluding hydrogens is 244 g/mol. The van der Waals surface area contributed by atoms with Gasteiger partial charge in [0.1, 0.15) is 17.8 Å². The first-order valence-electron chi connectivity index (χ1n) is 6.13. The molecule has 2 rings (SSSR count). The van der Waals surface area contributed by atoms with Crippen molar-refractivity contribution < 1.29 is 19.1 Å². The van der Waals surface area contributed by atoms with Crippen LogP contribution in [0.15, 0.2) is 36.9 Å². The zero-order valence-corrected chi connectivity index (χ0v) is 10.8. The molecule has 4 heteroatoms. The van der Waals surface area contributed by atoms with E-state index in [1.165, 1.54) is 0 Å². The molecule has 0 radical (unpaired) electrons. The molecule has 2 unspecified atom stereocenters. The Morgan fingerprint density at radius 1 is 1.37 bits per heavy atom. The third-order valence-corrected chi connectivity index (χ3v) is 3.21. The molecule has 1 aromatic rings. The van der Waals surface area contributed by atoms with Gasteiger partial charge in [0.15, 0.2) is 5.78 Å². The molecule has 1 fully saturated rings. The van der Waals surface area contributed by atoms with Crippen LogP contribution in [0.25, 0.3) is 0 Å². The van der Waals surface area contributed by atoms with Crippen LogP contribution in [-0.2, 0) is 14.3 Å². The van der Waals surface area contributed by atoms with Gasteiger partial charge in [-0.05, 0) is 24.1 Å². The van der Waals surface area contributed by atoms with E-state index in [1.54, 1.807) is 37.5 Å². The fourth-order valence-electron chi connectivity index (χ4n) is 2.12. The number of allylic oxidation sites excluding steroid dienone is 1. The van der Waals surface area contributed by atoms with Gasteiger partial charge in [0.25, 0.3) is 0 Å². The van der Waals surface area contributed by atoms with Crippen molar-refractivity contribution in [2.75, 3.05) is 7.11 Å². The van der Waals surface area contributed by atoms with Crippen molar-refractivity contribution in [2.24, 2.45) is 5.92 Å². The van der Waals surface area contributed by atoms with Crippen molar-refractivity contribution in [1.29, 1.82) is 0 Å². The summed E-state index contributed by atoms with van der Waals surface area (Å²) in [6.07, 6.45) is 1.63. The first-order valence-corrected chi connectivity index (χ1v) is 6.13. The van der Waals surface area contributed by atoms with E-state index in [1.807, 2.05) is 0 Å². The predicted octanol–water partition coefficient (Wildman–Crippen LogP) is 2.44. The molecule has 0 bridgehead atoms. The number of carbonyl (C=O) groups is 2. The maximum absolute atomic E-state index is 11.9. The van der Waals surface area contributed by atoms with E-state index in [4.69, 9.17) is 9.47 Å². The van der Waals surface area contributed by atoms with Gasteiger partial charge >= 0.3 is 5.97 Å². The minimum atomic E-state index is -0.688. The smallest absolute Gasteiger partial charge is 0.317 e. The molecule has 0 spiro atoms. The minimum Gasteiger partial charge on any atom is -0.497 e. The standard InChI is InChI=1S/C15H16O4/c1-3-4-12-13(16)9-14(19-15(12)17)10-5-7-11(18-2)8-6-10/h3,5-8,12,14H,1,4,9H2,2H3. The Bertz CT molecular complexity index is 471. The van der Waals surface area contributed by atoms with E-state index in [9.17, 15) is 9.59 Å². The Labute approximate surface area is 112 Å². The summed E-state index contributed by atoms with van der Waals surface area (Å²) in [5.74, 6) is -0.511. The largest absolute Gasteiger partial charge is 0.497 e. The Kier molecular flexibility index (Phi) is 4.00. The first kappa shape index (κ1) is 13.3. The number of esters is 1. The summed E-state index contributed by atoms with van der Waals surface area (Å²) in [6, 6.07) is 7.17. The number of cyclic esters (lactones) is 1. The number of Topliss-reactive ketones (excluding diaryl/α,β-unsaturated/α-hetero) is 1. The van der Waals surface area contributed by atoms with Crippen LogP contribution in [0.5, 0.6) is 5.75 Å². The topological polar surface area (TPSA) is 52.6 Å². The van der Waals surface area contributed by atoms with Crippen molar-refractivity contribution in [1.82, 2.24) is 0 Å². The van der Waals surface area contributed by atoms with Gasteiger partial charge in [0, 0.05) is 6.42 Å². The number of benzene rings is 1. The second-order valence-corrected chi connectivity index (χ2v) is 4.45. The Morgan fingerprint density at radius 2 is 2.05 bits per heavy atom. The maximum Gasteiger partial charge on any atom is 0.317 e. The van der Waals surface area contributed by atoms with Crippen molar-refractivity contribution in [3.63, 3.8) is 0 Å². The fourth-order valence-corrected chi connectivity index (χ4v) is 2.12. The summed E-state index contributed by atoms with van der Waals surface area (Å²) in [5.41, 5.74) is 0.805. The van der Waals surface area contributed by atoms with Crippen LogP contribution in [0, 0.1) is 5.92 Å². The predicted molar refractivity (Wildman–Crippen MR) is 69.8 cm³/mol. The van der Waals surface area contributed by atoms with Gasteiger partial charge in [-0.15, -0.1) is 6.58 Å². The maximum atomic E-state index is 11.9. The third kappa shape index (κ3) is 2.84. The van der Waals surface area contributed by atoms with Crippen LogP contribution in [0.3, 0.4) is 0 Å². The average Bonchev–Trinajstić information content (AvgIpc) is 2.43. The van der Waals surface area contributed by atoms with Crippen LogP contribution in [0.2, 0.25) is 0 Å². The van der Waals surface area contributed by atoms with Crippen molar-refractivity contribution in [2.45, 2.75) is 18.9 Å². The first-order chi connectivity index (χ1) is 9.15. The highest BCUT2D eigenvalue weighted by Crippen LogP contribution is 2.31. The van der Waals surface area contributed by atoms with E-state index in [0.717, 1.165) is 11.3 Å². The molecule has 0 aromatic heterocycles. The van der Waals surface area contributed by atoms with E-state index in [0.29, 0.717) is 6.42 Å². The summed E-state index contributed by atoms with van der Waals surface area (Å²) in [7, 11) is 1.58. The minimum absolute atomic E-state index is 0.0861. The van der Waals surface area contributed by atoms with Crippen LogP contribution in [-0.4, -0.2) is 18.9 Å². The molecule has 0 N–H and O–H groups in total. The van der Waals surface area contributed by atoms with Gasteiger partial charge in [-0.25, -0.2) is 0 Å². The molecule has 19 heavy (non-hydrogen) atoms. The zero-order chi connectivity index (χ0) is 13.8. The quantitative estimate of drug-likeness (QED) is 0.474. The summed E-state index contributed by atoms with van der Waals surface area (Å²) in [6.45, 7) is 3.55. The number of carbonyl (C=O) groups excluding carboxylic acids is 2. The van der Waals surface area contributed by atoms with Crippen molar-refractivity contribution >= 4 is 11.8 Å². The second-order valence-electron chi connectivity index (χ2n) is 4.45. The highest BCUT2D eigenvalue weighted by atomic mass is 16.5. The summed E-state index contributed by atoms with van der Waals surface area (Å²) in [4.78, 5) is 23.7. The summed E-state index contributed by atoms with van der Waals surface area (Å²) < 4.78 is 10.4. The molecule has 1 saturated heterocycles. The van der Waals surface area contributed by atoms with E-state index in [2.05, 4.69) is 6.58 Å². The van der Waals surface area contributed by atoms with Crippen molar-refractivity contribution in [3.05, 3.63) is 42.5 Å². The van der Waals surface area contributed by atoms with Crippen LogP contribution in [0.4, 0.5) is 0 Å². The Balaban J connectivity index is 2.13. The second kappa shape index (κ2) is 5.69. The molecule has 1 aliphatic rings. The highest BCUT2D eigenvalue weighted by molar-refractivity contribution is 6.01. The number of hydrogen-bond acceptors (Lipinski definition) is 4. The lowest BCUT2D eigenvalue weighted by atomic mass is 9.90. The number of methoxy groups -OCH3 is 1. The molecule has 1 heterocycles. The van der Waals surface area contributed by atoms with Crippen LogP contribution in [0.1, 0.15) is 24.5 Å². The van der Waals surface area contributed by atoms with E-state index >= 15 is 0 Å². The van der Waals surface area contributed by atoms with Gasteiger partial charge in [-0.3, -0.25) is 9.59 Å². The monoisotopic (exact) mass is 260 g/mol. The number of hydrogen-bond donors (Lipinski definition) is 0. The molecule has 1 aromatic carbocycles. The number of rotatable bonds is 4. The summed E-state index contributed by atoms with van der Waals surface area (Å²) >= 11 is 0. The molecule has 1 aliphatic heterocycles. The Morgan fingerprint density at radius 3 is 2.58 bits per heavy atom. The molecular formula is C15H16O4. The van der Waals surface area contributed by atoms with Gasteiger partial charge in [0.05, 0.1) is 7.11 Å². The van der Waals surface area contributed by atoms with Crippen LogP contribution >= 0.6 is 0 Å². The molecule has 2 atom stereocenters. The van der Waals surface area contributed by atoms with Crippen LogP contribution < -0.4 is 4.74 Å². The Hall–Kier alpha value is -2.10. The van der Waals surface area contributed by atoms with E-state index in [-0.39, 0.29) is 12.2 Å². The van der Waals surface area contributed by atoms with Gasteiger partial charge in [0.2, 0.25) is 0 Å². The SMILES string of the molecule is C=CCC1C(=O)CC(c2ccc(OC)cc2)OC1=O. The van der Waals surface area contributed by atoms with Crippen molar-refractivity contribution in [3.8, 4) is 5.75 Å².